The van der Waals surface area contributed by atoms with Crippen molar-refractivity contribution in [2.75, 3.05) is 20.8 Å². The number of nitrogens with two attached hydrogens (primary N) is 1. The van der Waals surface area contributed by atoms with E-state index in [0.717, 1.165) is 22.4 Å². The second-order valence-corrected chi connectivity index (χ2v) is 7.13. The highest BCUT2D eigenvalue weighted by Crippen LogP contribution is 2.40. The van der Waals surface area contributed by atoms with Crippen molar-refractivity contribution in [2.45, 2.75) is 12.5 Å². The average Bonchev–Trinajstić information content (AvgIpc) is 3.16. The monoisotopic (exact) mass is 407 g/mol. The summed E-state index contributed by atoms with van der Waals surface area (Å²) in [5.41, 5.74) is 8.70. The van der Waals surface area contributed by atoms with Gasteiger partial charge in [0.25, 0.3) is 6.02 Å². The molecule has 0 saturated carbocycles. The third kappa shape index (κ3) is 3.43. The van der Waals surface area contributed by atoms with Crippen LogP contribution in [0.25, 0.3) is 11.1 Å². The topological polar surface area (TPSA) is 79.0 Å². The maximum absolute atomic E-state index is 14.7. The van der Waals surface area contributed by atoms with E-state index in [1.54, 1.807) is 32.7 Å². The van der Waals surface area contributed by atoms with Gasteiger partial charge in [-0.3, -0.25) is 4.98 Å². The highest BCUT2D eigenvalue weighted by Gasteiger charge is 2.41. The highest BCUT2D eigenvalue weighted by molar-refractivity contribution is 5.76. The van der Waals surface area contributed by atoms with Gasteiger partial charge in [-0.05, 0) is 65.6 Å². The predicted molar refractivity (Wildman–Crippen MR) is 112 cm³/mol. The lowest BCUT2D eigenvalue weighted by Gasteiger charge is -2.26. The van der Waals surface area contributed by atoms with E-state index in [0.29, 0.717) is 16.9 Å². The predicted octanol–water partition coefficient (Wildman–Crippen LogP) is 3.80. The van der Waals surface area contributed by atoms with Crippen LogP contribution in [0.2, 0.25) is 0 Å². The van der Waals surface area contributed by atoms with E-state index in [1.165, 1.54) is 12.1 Å². The van der Waals surface area contributed by atoms with Crippen molar-refractivity contribution >= 4 is 6.02 Å². The van der Waals surface area contributed by atoms with E-state index in [2.05, 4.69) is 9.98 Å². The van der Waals surface area contributed by atoms with Crippen LogP contribution >= 0.6 is 0 Å². The van der Waals surface area contributed by atoms with E-state index >= 15 is 0 Å². The molecule has 0 fully saturated rings. The van der Waals surface area contributed by atoms with Crippen molar-refractivity contribution in [3.05, 3.63) is 77.4 Å². The Bertz CT molecular complexity index is 1130. The lowest BCUT2D eigenvalue weighted by atomic mass is 9.82. The summed E-state index contributed by atoms with van der Waals surface area (Å²) in [6.07, 6.45) is 3.26. The summed E-state index contributed by atoms with van der Waals surface area (Å²) in [4.78, 5) is 8.76. The Morgan fingerprint density at radius 3 is 2.50 bits per heavy atom. The molecule has 0 spiro atoms. The Labute approximate surface area is 174 Å². The number of hydrogen-bond acceptors (Lipinski definition) is 6. The van der Waals surface area contributed by atoms with E-state index in [9.17, 15) is 4.39 Å². The van der Waals surface area contributed by atoms with Crippen LogP contribution in [-0.2, 0) is 10.3 Å². The molecule has 0 amide bonds. The van der Waals surface area contributed by atoms with Crippen LogP contribution in [0, 0.1) is 12.7 Å². The van der Waals surface area contributed by atoms with Gasteiger partial charge in [0.2, 0.25) is 0 Å². The average molecular weight is 407 g/mol. The molecule has 2 heterocycles. The van der Waals surface area contributed by atoms with Crippen LogP contribution in [0.15, 0.2) is 59.9 Å². The van der Waals surface area contributed by atoms with Crippen molar-refractivity contribution in [3.8, 4) is 22.6 Å². The normalized spacial score (nSPS) is 17.9. The molecule has 6 nitrogen and oxygen atoms in total. The first kappa shape index (κ1) is 19.7. The molecule has 0 saturated heterocycles. The first-order chi connectivity index (χ1) is 14.4. The molecule has 3 aromatic rings. The number of rotatable bonds is 5. The molecule has 2 N–H and O–H groups in total. The molecular weight excluding hydrogens is 385 g/mol. The summed E-state index contributed by atoms with van der Waals surface area (Å²) < 4.78 is 30.9. The molecule has 0 radical (unpaired) electrons. The lowest BCUT2D eigenvalue weighted by Crippen LogP contribution is -2.27. The quantitative estimate of drug-likeness (QED) is 0.696. The SMILES string of the molecule is COc1cncc(-c2cc(F)cc([C@@]3(c4ccc(OC)c(C)c4)COC(N)=N3)c2)c1. The van der Waals surface area contributed by atoms with Gasteiger partial charge in [0, 0.05) is 11.8 Å². The molecule has 0 unspecified atom stereocenters. The number of ether oxygens (including phenoxy) is 3. The Hall–Kier alpha value is -3.61. The molecule has 30 heavy (non-hydrogen) atoms. The number of halogens is 1. The second kappa shape index (κ2) is 7.67. The molecule has 4 rings (SSSR count). The van der Waals surface area contributed by atoms with Gasteiger partial charge in [-0.2, -0.15) is 0 Å². The maximum Gasteiger partial charge on any atom is 0.283 e. The van der Waals surface area contributed by atoms with Crippen LogP contribution < -0.4 is 15.2 Å². The third-order valence-corrected chi connectivity index (χ3v) is 5.26. The number of nitrogens with zero attached hydrogens (tertiary/aromatic N) is 2. The van der Waals surface area contributed by atoms with Crippen molar-refractivity contribution in [3.63, 3.8) is 0 Å². The summed E-state index contributed by atoms with van der Waals surface area (Å²) in [5.74, 6) is 0.952. The molecule has 154 valence electrons. The lowest BCUT2D eigenvalue weighted by molar-refractivity contribution is 0.278. The van der Waals surface area contributed by atoms with E-state index in [4.69, 9.17) is 19.9 Å². The molecule has 1 aliphatic rings. The van der Waals surface area contributed by atoms with E-state index < -0.39 is 11.4 Å². The van der Waals surface area contributed by atoms with Gasteiger partial charge in [0.1, 0.15) is 23.9 Å². The number of hydrogen-bond donors (Lipinski definition) is 1. The fraction of sp³-hybridized carbons (Fsp3) is 0.217. The number of aryl methyl sites for hydroxylation is 1. The standard InChI is InChI=1S/C23H22FN3O3/c1-14-6-17(4-5-21(14)29-3)23(13-30-22(25)27-23)18-7-15(8-19(24)10-18)16-9-20(28-2)12-26-11-16/h4-12H,13H2,1-3H3,(H2,25,27)/t23-/m0/s1. The van der Waals surface area contributed by atoms with Gasteiger partial charge >= 0.3 is 0 Å². The Kier molecular flexibility index (Phi) is 5.03. The summed E-state index contributed by atoms with van der Waals surface area (Å²) in [5, 5.41) is 0. The van der Waals surface area contributed by atoms with Crippen LogP contribution in [0.4, 0.5) is 4.39 Å². The highest BCUT2D eigenvalue weighted by atomic mass is 19.1. The molecule has 0 bridgehead atoms. The largest absolute Gasteiger partial charge is 0.496 e. The minimum absolute atomic E-state index is 0.0670. The molecule has 2 aromatic carbocycles. The van der Waals surface area contributed by atoms with Crippen molar-refractivity contribution < 1.29 is 18.6 Å². The van der Waals surface area contributed by atoms with Gasteiger partial charge < -0.3 is 19.9 Å². The summed E-state index contributed by atoms with van der Waals surface area (Å²) in [7, 11) is 3.18. The van der Waals surface area contributed by atoms with Gasteiger partial charge in [0.15, 0.2) is 5.54 Å². The van der Waals surface area contributed by atoms with Crippen LogP contribution in [-0.4, -0.2) is 31.8 Å². The van der Waals surface area contributed by atoms with E-state index in [-0.39, 0.29) is 12.6 Å². The molecule has 0 aliphatic carbocycles. The van der Waals surface area contributed by atoms with Gasteiger partial charge in [0.05, 0.1) is 20.4 Å². The molecular formula is C23H22FN3O3. The minimum atomic E-state index is -0.968. The number of methoxy groups -OCH3 is 2. The zero-order valence-electron chi connectivity index (χ0n) is 17.0. The van der Waals surface area contributed by atoms with Crippen LogP contribution in [0.1, 0.15) is 16.7 Å². The van der Waals surface area contributed by atoms with Gasteiger partial charge in [-0.25, -0.2) is 9.38 Å². The fourth-order valence-electron chi connectivity index (χ4n) is 3.71. The van der Waals surface area contributed by atoms with Crippen molar-refractivity contribution in [1.29, 1.82) is 0 Å². The Morgan fingerprint density at radius 1 is 1.00 bits per heavy atom. The van der Waals surface area contributed by atoms with Gasteiger partial charge in [-0.15, -0.1) is 0 Å². The minimum Gasteiger partial charge on any atom is -0.496 e. The number of benzene rings is 2. The third-order valence-electron chi connectivity index (χ3n) is 5.26. The smallest absolute Gasteiger partial charge is 0.283 e. The summed E-state index contributed by atoms with van der Waals surface area (Å²) in [6.45, 7) is 2.11. The molecule has 1 aromatic heterocycles. The van der Waals surface area contributed by atoms with Crippen LogP contribution in [0.3, 0.4) is 0 Å². The number of pyridine rings is 1. The molecule has 1 aliphatic heterocycles. The summed E-state index contributed by atoms with van der Waals surface area (Å²) >= 11 is 0. The molecule has 1 atom stereocenters. The van der Waals surface area contributed by atoms with Crippen molar-refractivity contribution in [2.24, 2.45) is 10.7 Å². The number of aromatic nitrogens is 1. The fourth-order valence-corrected chi connectivity index (χ4v) is 3.71. The maximum atomic E-state index is 14.7. The van der Waals surface area contributed by atoms with Gasteiger partial charge in [-0.1, -0.05) is 6.07 Å². The Morgan fingerprint density at radius 2 is 1.83 bits per heavy atom. The van der Waals surface area contributed by atoms with Crippen LogP contribution in [0.5, 0.6) is 11.5 Å². The number of amidine groups is 1. The zero-order valence-corrected chi connectivity index (χ0v) is 17.0. The second-order valence-electron chi connectivity index (χ2n) is 7.13. The first-order valence-electron chi connectivity index (χ1n) is 9.39. The van der Waals surface area contributed by atoms with E-state index in [1.807, 2.05) is 31.2 Å². The summed E-state index contributed by atoms with van der Waals surface area (Å²) in [6, 6.07) is 12.4. The first-order valence-corrected chi connectivity index (χ1v) is 9.39. The zero-order chi connectivity index (χ0) is 21.3. The number of aliphatic imine (C=N–C) groups is 1. The van der Waals surface area contributed by atoms with Crippen molar-refractivity contribution in [1.82, 2.24) is 4.98 Å². The molecule has 7 heteroatoms. The Balaban J connectivity index is 1.89.